The maximum Gasteiger partial charge on any atom is 0.251 e. The summed E-state index contributed by atoms with van der Waals surface area (Å²) < 4.78 is 39.3. The van der Waals surface area contributed by atoms with Crippen molar-refractivity contribution < 1.29 is 22.7 Å². The maximum atomic E-state index is 12.7. The zero-order valence-corrected chi connectivity index (χ0v) is 20.0. The Bertz CT molecular complexity index is 1110. The predicted octanol–water partition coefficient (Wildman–Crippen LogP) is 4.24. The highest BCUT2D eigenvalue weighted by atomic mass is 32.2. The van der Waals surface area contributed by atoms with Crippen LogP contribution in [0.25, 0.3) is 0 Å². The zero-order valence-electron chi connectivity index (χ0n) is 19.2. The van der Waals surface area contributed by atoms with Gasteiger partial charge in [-0.05, 0) is 70.0 Å². The van der Waals surface area contributed by atoms with Crippen LogP contribution < -0.4 is 24.8 Å². The van der Waals surface area contributed by atoms with Crippen LogP contribution in [-0.2, 0) is 14.8 Å². The minimum absolute atomic E-state index is 0.150. The van der Waals surface area contributed by atoms with Crippen molar-refractivity contribution in [2.24, 2.45) is 0 Å². The average molecular weight is 474 g/mol. The molecular weight excluding hydrogens is 442 g/mol. The molecule has 0 aromatic heterocycles. The molecular formula is C24H31N3O5S. The first kappa shape index (κ1) is 23.4. The molecule has 1 aliphatic carbocycles. The SMILES string of the molecule is CC(C)NS(=O)(=O)c1ccc(NC(=O)C(C)Nc2ccc3c(c2)OC2(CCCCC2)O3)cc1. The smallest absolute Gasteiger partial charge is 0.251 e. The first-order valence-electron chi connectivity index (χ1n) is 11.4. The molecule has 9 heteroatoms. The molecule has 0 radical (unpaired) electrons. The second kappa shape index (κ2) is 9.23. The highest BCUT2D eigenvalue weighted by Gasteiger charge is 2.42. The van der Waals surface area contributed by atoms with Gasteiger partial charge in [-0.3, -0.25) is 4.79 Å². The van der Waals surface area contributed by atoms with E-state index in [0.29, 0.717) is 11.4 Å². The van der Waals surface area contributed by atoms with Crippen molar-refractivity contribution in [3.8, 4) is 11.5 Å². The van der Waals surface area contributed by atoms with Crippen LogP contribution in [0.2, 0.25) is 0 Å². The summed E-state index contributed by atoms with van der Waals surface area (Å²) in [5.74, 6) is 0.655. The molecule has 4 rings (SSSR count). The van der Waals surface area contributed by atoms with Crippen LogP contribution in [0.1, 0.15) is 52.9 Å². The molecule has 1 unspecified atom stereocenters. The molecule has 2 aromatic rings. The summed E-state index contributed by atoms with van der Waals surface area (Å²) in [6.45, 7) is 5.28. The second-order valence-electron chi connectivity index (χ2n) is 8.99. The van der Waals surface area contributed by atoms with Crippen LogP contribution in [0.4, 0.5) is 11.4 Å². The van der Waals surface area contributed by atoms with Gasteiger partial charge in [0.15, 0.2) is 11.5 Å². The van der Waals surface area contributed by atoms with E-state index in [9.17, 15) is 13.2 Å². The Kier molecular flexibility index (Phi) is 6.54. The number of hydrogen-bond donors (Lipinski definition) is 3. The quantitative estimate of drug-likeness (QED) is 0.555. The molecule has 8 nitrogen and oxygen atoms in total. The first-order chi connectivity index (χ1) is 15.7. The summed E-state index contributed by atoms with van der Waals surface area (Å²) in [6, 6.07) is 11.0. The molecule has 2 aliphatic rings. The number of sulfonamides is 1. The van der Waals surface area contributed by atoms with Gasteiger partial charge in [0.25, 0.3) is 5.79 Å². The van der Waals surface area contributed by atoms with Crippen molar-refractivity contribution in [1.82, 2.24) is 4.72 Å². The van der Waals surface area contributed by atoms with Crippen LogP contribution in [-0.4, -0.2) is 32.2 Å². The van der Waals surface area contributed by atoms with E-state index in [2.05, 4.69) is 15.4 Å². The van der Waals surface area contributed by atoms with Gasteiger partial charge in [-0.1, -0.05) is 6.42 Å². The minimum atomic E-state index is -3.57. The summed E-state index contributed by atoms with van der Waals surface area (Å²) in [4.78, 5) is 12.8. The molecule has 1 spiro atoms. The molecule has 1 atom stereocenters. The van der Waals surface area contributed by atoms with E-state index < -0.39 is 21.9 Å². The largest absolute Gasteiger partial charge is 0.448 e. The summed E-state index contributed by atoms with van der Waals surface area (Å²) in [6.07, 6.45) is 5.17. The molecule has 1 heterocycles. The number of rotatable bonds is 7. The molecule has 1 fully saturated rings. The van der Waals surface area contributed by atoms with E-state index in [0.717, 1.165) is 37.1 Å². The van der Waals surface area contributed by atoms with Crippen LogP contribution in [0.5, 0.6) is 11.5 Å². The first-order valence-corrected chi connectivity index (χ1v) is 12.9. The van der Waals surface area contributed by atoms with Gasteiger partial charge in [0.2, 0.25) is 15.9 Å². The number of fused-ring (bicyclic) bond motifs is 1. The Balaban J connectivity index is 1.36. The van der Waals surface area contributed by atoms with E-state index in [1.165, 1.54) is 18.6 Å². The monoisotopic (exact) mass is 473 g/mol. The van der Waals surface area contributed by atoms with Crippen molar-refractivity contribution in [2.75, 3.05) is 10.6 Å². The lowest BCUT2D eigenvalue weighted by Gasteiger charge is -2.31. The number of carbonyl (C=O) groups excluding carboxylic acids is 1. The number of ether oxygens (including phenoxy) is 2. The molecule has 1 aliphatic heterocycles. The summed E-state index contributed by atoms with van der Waals surface area (Å²) in [5.41, 5.74) is 1.27. The lowest BCUT2D eigenvalue weighted by Crippen LogP contribution is -2.40. The highest BCUT2D eigenvalue weighted by Crippen LogP contribution is 2.46. The van der Waals surface area contributed by atoms with Crippen LogP contribution in [0.15, 0.2) is 47.4 Å². The van der Waals surface area contributed by atoms with Crippen LogP contribution in [0.3, 0.4) is 0 Å². The van der Waals surface area contributed by atoms with Crippen molar-refractivity contribution in [1.29, 1.82) is 0 Å². The van der Waals surface area contributed by atoms with Gasteiger partial charge in [-0.2, -0.15) is 0 Å². The van der Waals surface area contributed by atoms with Gasteiger partial charge in [-0.15, -0.1) is 0 Å². The Morgan fingerprint density at radius 2 is 1.55 bits per heavy atom. The number of anilines is 2. The number of carbonyl (C=O) groups is 1. The third-order valence-corrected chi connectivity index (χ3v) is 7.42. The highest BCUT2D eigenvalue weighted by molar-refractivity contribution is 7.89. The van der Waals surface area contributed by atoms with Gasteiger partial charge in [0, 0.05) is 36.3 Å². The Morgan fingerprint density at radius 3 is 2.21 bits per heavy atom. The van der Waals surface area contributed by atoms with E-state index in [4.69, 9.17) is 9.47 Å². The second-order valence-corrected chi connectivity index (χ2v) is 10.7. The number of hydrogen-bond acceptors (Lipinski definition) is 6. The molecule has 178 valence electrons. The van der Waals surface area contributed by atoms with E-state index in [1.807, 2.05) is 18.2 Å². The molecule has 0 saturated heterocycles. The minimum Gasteiger partial charge on any atom is -0.448 e. The molecule has 0 bridgehead atoms. The number of nitrogens with one attached hydrogen (secondary N) is 3. The Morgan fingerprint density at radius 1 is 0.909 bits per heavy atom. The van der Waals surface area contributed by atoms with Crippen LogP contribution >= 0.6 is 0 Å². The number of benzene rings is 2. The molecule has 3 N–H and O–H groups in total. The Hall–Kier alpha value is -2.78. The van der Waals surface area contributed by atoms with Gasteiger partial charge >= 0.3 is 0 Å². The third kappa shape index (κ3) is 5.42. The van der Waals surface area contributed by atoms with Gasteiger partial charge in [0.1, 0.15) is 6.04 Å². The van der Waals surface area contributed by atoms with Gasteiger partial charge < -0.3 is 20.1 Å². The van der Waals surface area contributed by atoms with E-state index in [-0.39, 0.29) is 16.8 Å². The number of amides is 1. The standard InChI is InChI=1S/C24H31N3O5S/c1-16(2)27-33(29,30)20-10-7-18(8-11-20)26-23(28)17(3)25-19-9-12-21-22(15-19)32-24(31-21)13-5-4-6-14-24/h7-12,15-17,25,27H,4-6,13-14H2,1-3H3,(H,26,28). The zero-order chi connectivity index (χ0) is 23.6. The lowest BCUT2D eigenvalue weighted by atomic mass is 9.94. The van der Waals surface area contributed by atoms with E-state index in [1.54, 1.807) is 32.9 Å². The van der Waals surface area contributed by atoms with E-state index >= 15 is 0 Å². The topological polar surface area (TPSA) is 106 Å². The molecule has 1 saturated carbocycles. The maximum absolute atomic E-state index is 12.7. The summed E-state index contributed by atoms with van der Waals surface area (Å²) >= 11 is 0. The lowest BCUT2D eigenvalue weighted by molar-refractivity contribution is -0.116. The molecule has 1 amide bonds. The van der Waals surface area contributed by atoms with Crippen LogP contribution in [0, 0.1) is 0 Å². The average Bonchev–Trinajstić information content (AvgIpc) is 3.10. The predicted molar refractivity (Wildman–Crippen MR) is 127 cm³/mol. The Labute approximate surface area is 195 Å². The van der Waals surface area contributed by atoms with Crippen molar-refractivity contribution in [3.63, 3.8) is 0 Å². The molecule has 2 aromatic carbocycles. The third-order valence-electron chi connectivity index (χ3n) is 5.75. The fraction of sp³-hybridized carbons (Fsp3) is 0.458. The van der Waals surface area contributed by atoms with Crippen molar-refractivity contribution >= 4 is 27.3 Å². The normalized spacial score (nSPS) is 17.7. The van der Waals surface area contributed by atoms with Gasteiger partial charge in [0.05, 0.1) is 4.90 Å². The summed E-state index contributed by atoms with van der Waals surface area (Å²) in [5, 5.41) is 5.99. The van der Waals surface area contributed by atoms with Gasteiger partial charge in [-0.25, -0.2) is 13.1 Å². The molecule has 33 heavy (non-hydrogen) atoms. The van der Waals surface area contributed by atoms with Crippen molar-refractivity contribution in [3.05, 3.63) is 42.5 Å². The summed E-state index contributed by atoms with van der Waals surface area (Å²) in [7, 11) is -3.57. The van der Waals surface area contributed by atoms with Crippen molar-refractivity contribution in [2.45, 2.75) is 75.6 Å². The fourth-order valence-corrected chi connectivity index (χ4v) is 5.39. The fourth-order valence-electron chi connectivity index (χ4n) is 4.14.